The first-order valence-electron chi connectivity index (χ1n) is 5.58. The van der Waals surface area contributed by atoms with Gasteiger partial charge < -0.3 is 5.32 Å². The maximum absolute atomic E-state index is 13.5. The summed E-state index contributed by atoms with van der Waals surface area (Å²) in [6.07, 6.45) is 0. The lowest BCUT2D eigenvalue weighted by Gasteiger charge is -2.07. The molecule has 1 amide bonds. The summed E-state index contributed by atoms with van der Waals surface area (Å²) in [6.45, 7) is -0.263. The Labute approximate surface area is 121 Å². The Morgan fingerprint density at radius 2 is 1.90 bits per heavy atom. The van der Waals surface area contributed by atoms with Crippen LogP contribution in [0.3, 0.4) is 0 Å². The fourth-order valence-corrected chi connectivity index (χ4v) is 2.47. The molecule has 0 atom stereocenters. The number of halogens is 1. The van der Waals surface area contributed by atoms with Gasteiger partial charge in [-0.15, -0.1) is 0 Å². The highest BCUT2D eigenvalue weighted by Gasteiger charge is 2.17. The summed E-state index contributed by atoms with van der Waals surface area (Å²) in [4.78, 5) is 11.3. The summed E-state index contributed by atoms with van der Waals surface area (Å²) < 4.78 is 60.1. The molecule has 11 heteroatoms. The van der Waals surface area contributed by atoms with Crippen LogP contribution in [0.15, 0.2) is 23.1 Å². The third-order valence-corrected chi connectivity index (χ3v) is 4.75. The lowest BCUT2D eigenvalue weighted by Crippen LogP contribution is -2.33. The van der Waals surface area contributed by atoms with Crippen LogP contribution in [0.1, 0.15) is 10.4 Å². The predicted molar refractivity (Wildman–Crippen MR) is 73.0 cm³/mol. The van der Waals surface area contributed by atoms with E-state index in [1.807, 2.05) is 4.72 Å². The van der Waals surface area contributed by atoms with Gasteiger partial charge in [0.2, 0.25) is 20.0 Å². The largest absolute Gasteiger partial charge is 0.351 e. The van der Waals surface area contributed by atoms with E-state index in [1.165, 1.54) is 7.05 Å². The van der Waals surface area contributed by atoms with Crippen LogP contribution >= 0.6 is 0 Å². The van der Waals surface area contributed by atoms with Crippen molar-refractivity contribution in [1.82, 2.24) is 10.0 Å². The zero-order chi connectivity index (χ0) is 16.3. The maximum Gasteiger partial charge on any atom is 0.254 e. The van der Waals surface area contributed by atoms with Gasteiger partial charge in [0, 0.05) is 6.54 Å². The molecule has 0 aliphatic carbocycles. The molecule has 0 aliphatic rings. The molecule has 0 fully saturated rings. The Morgan fingerprint density at radius 3 is 2.43 bits per heavy atom. The van der Waals surface area contributed by atoms with Gasteiger partial charge in [0.25, 0.3) is 5.91 Å². The molecule has 4 N–H and O–H groups in total. The Kier molecular flexibility index (Phi) is 5.39. The molecule has 1 rings (SSSR count). The van der Waals surface area contributed by atoms with Crippen molar-refractivity contribution in [2.24, 2.45) is 5.14 Å². The Hall–Kier alpha value is -1.56. The van der Waals surface area contributed by atoms with Gasteiger partial charge in [-0.1, -0.05) is 0 Å². The highest BCUT2D eigenvalue weighted by Crippen LogP contribution is 2.13. The van der Waals surface area contributed by atoms with Crippen LogP contribution in [-0.2, 0) is 20.0 Å². The second kappa shape index (κ2) is 6.47. The first-order chi connectivity index (χ1) is 9.57. The molecule has 0 bridgehead atoms. The molecule has 0 radical (unpaired) electrons. The average Bonchev–Trinajstić information content (AvgIpc) is 2.37. The maximum atomic E-state index is 13.5. The SMILES string of the molecule is CNS(=O)(=O)CCNC(=O)c1cc(S(N)(=O)=O)ccc1F. The molecule has 0 saturated carbocycles. The van der Waals surface area contributed by atoms with Crippen LogP contribution in [-0.4, -0.2) is 42.1 Å². The Bertz CT molecular complexity index is 746. The number of rotatable bonds is 6. The van der Waals surface area contributed by atoms with Crippen molar-refractivity contribution in [3.05, 3.63) is 29.6 Å². The molecule has 21 heavy (non-hydrogen) atoms. The summed E-state index contributed by atoms with van der Waals surface area (Å²) in [5.41, 5.74) is -0.539. The third-order valence-electron chi connectivity index (χ3n) is 2.48. The highest BCUT2D eigenvalue weighted by atomic mass is 32.2. The van der Waals surface area contributed by atoms with Crippen molar-refractivity contribution in [2.45, 2.75) is 4.90 Å². The number of hydrogen-bond donors (Lipinski definition) is 3. The molecule has 8 nitrogen and oxygen atoms in total. The molecule has 118 valence electrons. The summed E-state index contributed by atoms with van der Waals surface area (Å²) in [6, 6.07) is 2.50. The number of primary sulfonamides is 1. The Balaban J connectivity index is 2.88. The minimum absolute atomic E-state index is 0.263. The van der Waals surface area contributed by atoms with Crippen LogP contribution in [0, 0.1) is 5.82 Å². The van der Waals surface area contributed by atoms with E-state index in [4.69, 9.17) is 5.14 Å². The number of benzene rings is 1. The van der Waals surface area contributed by atoms with E-state index in [9.17, 15) is 26.0 Å². The lowest BCUT2D eigenvalue weighted by atomic mass is 10.2. The van der Waals surface area contributed by atoms with Gasteiger partial charge in [0.05, 0.1) is 16.2 Å². The second-order valence-electron chi connectivity index (χ2n) is 3.97. The molecule has 0 aromatic heterocycles. The molecule has 0 heterocycles. The number of carbonyl (C=O) groups excluding carboxylic acids is 1. The number of sulfonamides is 2. The van der Waals surface area contributed by atoms with Crippen LogP contribution in [0.25, 0.3) is 0 Å². The van der Waals surface area contributed by atoms with Gasteiger partial charge >= 0.3 is 0 Å². The standard InChI is InChI=1S/C10H14FN3O5S2/c1-13-20(16,17)5-4-14-10(15)8-6-7(21(12,18)19)2-3-9(8)11/h2-3,6,13H,4-5H2,1H3,(H,14,15)(H2,12,18,19). The molecule has 1 aromatic rings. The summed E-state index contributed by atoms with van der Waals surface area (Å²) in [7, 11) is -6.37. The van der Waals surface area contributed by atoms with Crippen LogP contribution < -0.4 is 15.2 Å². The van der Waals surface area contributed by atoms with E-state index >= 15 is 0 Å². The topological polar surface area (TPSA) is 135 Å². The summed E-state index contributed by atoms with van der Waals surface area (Å²) in [5.74, 6) is -2.29. The van der Waals surface area contributed by atoms with E-state index in [0.29, 0.717) is 0 Å². The van der Waals surface area contributed by atoms with E-state index in [0.717, 1.165) is 18.2 Å². The van der Waals surface area contributed by atoms with E-state index in [1.54, 1.807) is 0 Å². The predicted octanol–water partition coefficient (Wildman–Crippen LogP) is -1.25. The van der Waals surface area contributed by atoms with E-state index < -0.39 is 48.0 Å². The normalized spacial score (nSPS) is 12.1. The van der Waals surface area contributed by atoms with Gasteiger partial charge in [-0.05, 0) is 25.2 Å². The quantitative estimate of drug-likeness (QED) is 0.595. The van der Waals surface area contributed by atoms with Crippen LogP contribution in [0.2, 0.25) is 0 Å². The van der Waals surface area contributed by atoms with Crippen molar-refractivity contribution in [1.29, 1.82) is 0 Å². The van der Waals surface area contributed by atoms with Crippen LogP contribution in [0.4, 0.5) is 4.39 Å². The fraction of sp³-hybridized carbons (Fsp3) is 0.300. The molecule has 0 saturated heterocycles. The van der Waals surface area contributed by atoms with Crippen molar-refractivity contribution in [2.75, 3.05) is 19.3 Å². The number of nitrogens with two attached hydrogens (primary N) is 1. The van der Waals surface area contributed by atoms with Gasteiger partial charge in [-0.25, -0.2) is 31.1 Å². The van der Waals surface area contributed by atoms with E-state index in [-0.39, 0.29) is 6.54 Å². The van der Waals surface area contributed by atoms with E-state index in [2.05, 4.69) is 5.32 Å². The number of hydrogen-bond acceptors (Lipinski definition) is 5. The Morgan fingerprint density at radius 1 is 1.29 bits per heavy atom. The minimum Gasteiger partial charge on any atom is -0.351 e. The minimum atomic E-state index is -4.08. The smallest absolute Gasteiger partial charge is 0.254 e. The molecule has 0 spiro atoms. The lowest BCUT2D eigenvalue weighted by molar-refractivity contribution is 0.0952. The van der Waals surface area contributed by atoms with Gasteiger partial charge in [-0.2, -0.15) is 0 Å². The molecule has 0 aliphatic heterocycles. The first-order valence-corrected chi connectivity index (χ1v) is 8.78. The van der Waals surface area contributed by atoms with Crippen LogP contribution in [0.5, 0.6) is 0 Å². The second-order valence-corrected chi connectivity index (χ2v) is 7.57. The number of amides is 1. The zero-order valence-corrected chi connectivity index (χ0v) is 12.6. The third kappa shape index (κ3) is 5.04. The summed E-state index contributed by atoms with van der Waals surface area (Å²) in [5, 5.41) is 7.06. The van der Waals surface area contributed by atoms with Gasteiger partial charge in [-0.3, -0.25) is 4.79 Å². The van der Waals surface area contributed by atoms with Gasteiger partial charge in [0.15, 0.2) is 0 Å². The van der Waals surface area contributed by atoms with Crippen molar-refractivity contribution in [3.8, 4) is 0 Å². The molecule has 1 aromatic carbocycles. The van der Waals surface area contributed by atoms with Crippen molar-refractivity contribution in [3.63, 3.8) is 0 Å². The highest BCUT2D eigenvalue weighted by molar-refractivity contribution is 7.89. The number of carbonyl (C=O) groups is 1. The van der Waals surface area contributed by atoms with Gasteiger partial charge in [0.1, 0.15) is 5.82 Å². The first kappa shape index (κ1) is 17.5. The average molecular weight is 339 g/mol. The monoisotopic (exact) mass is 339 g/mol. The van der Waals surface area contributed by atoms with Crippen molar-refractivity contribution >= 4 is 26.0 Å². The molecule has 0 unspecified atom stereocenters. The van der Waals surface area contributed by atoms with Crippen molar-refractivity contribution < 1.29 is 26.0 Å². The summed E-state index contributed by atoms with van der Waals surface area (Å²) >= 11 is 0. The fourth-order valence-electron chi connectivity index (χ4n) is 1.35. The molecular weight excluding hydrogens is 325 g/mol. The zero-order valence-electron chi connectivity index (χ0n) is 11.0. The number of nitrogens with one attached hydrogen (secondary N) is 2. The molecular formula is C10H14FN3O5S2.